The van der Waals surface area contributed by atoms with Crippen LogP contribution in [0.2, 0.25) is 0 Å². The lowest BCUT2D eigenvalue weighted by molar-refractivity contribution is 0.153. The molecule has 0 aromatic carbocycles. The van der Waals surface area contributed by atoms with E-state index in [9.17, 15) is 0 Å². The second-order valence-electron chi connectivity index (χ2n) is 4.16. The molecule has 1 unspecified atom stereocenters. The highest BCUT2D eigenvalue weighted by Gasteiger charge is 2.31. The maximum atomic E-state index is 5.98. The lowest BCUT2D eigenvalue weighted by Crippen LogP contribution is -2.41. The zero-order valence-corrected chi connectivity index (χ0v) is 7.30. The van der Waals surface area contributed by atoms with Gasteiger partial charge in [0, 0.05) is 6.04 Å². The summed E-state index contributed by atoms with van der Waals surface area (Å²) in [4.78, 5) is 0. The summed E-state index contributed by atoms with van der Waals surface area (Å²) in [6, 6.07) is 0.455. The predicted molar refractivity (Wildman–Crippen MR) is 44.7 cm³/mol. The van der Waals surface area contributed by atoms with Gasteiger partial charge in [-0.05, 0) is 30.6 Å². The fourth-order valence-corrected chi connectivity index (χ4v) is 1.82. The Morgan fingerprint density at radius 3 is 2.10 bits per heavy atom. The van der Waals surface area contributed by atoms with Gasteiger partial charge >= 0.3 is 0 Å². The summed E-state index contributed by atoms with van der Waals surface area (Å²) in [5, 5.41) is 0. The molecule has 1 fully saturated rings. The van der Waals surface area contributed by atoms with Crippen molar-refractivity contribution in [2.45, 2.75) is 39.7 Å². The first kappa shape index (κ1) is 8.06. The Bertz CT molecular complexity index is 103. The Balaban J connectivity index is 2.24. The van der Waals surface area contributed by atoms with Crippen LogP contribution in [0.15, 0.2) is 0 Å². The molecule has 0 saturated heterocycles. The molecule has 0 radical (unpaired) electrons. The third kappa shape index (κ3) is 1.51. The highest BCUT2D eigenvalue weighted by atomic mass is 14.7. The summed E-state index contributed by atoms with van der Waals surface area (Å²) in [7, 11) is 0. The molecule has 1 aliphatic rings. The fraction of sp³-hybridized carbons (Fsp3) is 1.00. The van der Waals surface area contributed by atoms with Gasteiger partial charge < -0.3 is 5.73 Å². The van der Waals surface area contributed by atoms with E-state index in [4.69, 9.17) is 5.73 Å². The third-order valence-corrected chi connectivity index (χ3v) is 2.72. The number of rotatable bonds is 2. The van der Waals surface area contributed by atoms with Gasteiger partial charge in [-0.15, -0.1) is 0 Å². The molecule has 1 aliphatic carbocycles. The van der Waals surface area contributed by atoms with Crippen molar-refractivity contribution in [3.8, 4) is 0 Å². The van der Waals surface area contributed by atoms with Gasteiger partial charge in [0.1, 0.15) is 0 Å². The second-order valence-corrected chi connectivity index (χ2v) is 4.16. The first-order chi connectivity index (χ1) is 4.61. The van der Waals surface area contributed by atoms with E-state index in [-0.39, 0.29) is 0 Å². The van der Waals surface area contributed by atoms with Gasteiger partial charge in [-0.3, -0.25) is 0 Å². The van der Waals surface area contributed by atoms with Crippen molar-refractivity contribution in [3.05, 3.63) is 0 Å². The standard InChI is InChI=1S/C9H19N/c1-6(2)9(10)8-4-7(3)5-8/h6-9H,4-5,10H2,1-3H3. The van der Waals surface area contributed by atoms with Crippen LogP contribution in [0.3, 0.4) is 0 Å². The molecule has 1 nitrogen and oxygen atoms in total. The van der Waals surface area contributed by atoms with Crippen molar-refractivity contribution in [1.82, 2.24) is 0 Å². The molecule has 0 aromatic heterocycles. The molecule has 0 bridgehead atoms. The van der Waals surface area contributed by atoms with Crippen LogP contribution in [0.25, 0.3) is 0 Å². The van der Waals surface area contributed by atoms with E-state index in [1.165, 1.54) is 12.8 Å². The molecule has 0 spiro atoms. The van der Waals surface area contributed by atoms with Crippen molar-refractivity contribution in [2.75, 3.05) is 0 Å². The summed E-state index contributed by atoms with van der Waals surface area (Å²) in [6.45, 7) is 6.74. The normalized spacial score (nSPS) is 35.7. The SMILES string of the molecule is CC1CC(C(N)C(C)C)C1. The van der Waals surface area contributed by atoms with Crippen LogP contribution in [0.1, 0.15) is 33.6 Å². The van der Waals surface area contributed by atoms with Gasteiger partial charge in [0.05, 0.1) is 0 Å². The van der Waals surface area contributed by atoms with Crippen LogP contribution in [0.4, 0.5) is 0 Å². The van der Waals surface area contributed by atoms with Crippen LogP contribution < -0.4 is 5.73 Å². The van der Waals surface area contributed by atoms with E-state index in [1.54, 1.807) is 0 Å². The highest BCUT2D eigenvalue weighted by molar-refractivity contribution is 4.85. The first-order valence-corrected chi connectivity index (χ1v) is 4.37. The number of nitrogens with two attached hydrogens (primary N) is 1. The molecule has 0 amide bonds. The summed E-state index contributed by atoms with van der Waals surface area (Å²) in [5.41, 5.74) is 5.98. The van der Waals surface area contributed by atoms with Gasteiger partial charge in [0.15, 0.2) is 0 Å². The Kier molecular flexibility index (Phi) is 2.35. The van der Waals surface area contributed by atoms with Crippen LogP contribution in [0.5, 0.6) is 0 Å². The monoisotopic (exact) mass is 141 g/mol. The Morgan fingerprint density at radius 1 is 1.30 bits per heavy atom. The van der Waals surface area contributed by atoms with Crippen LogP contribution in [-0.4, -0.2) is 6.04 Å². The van der Waals surface area contributed by atoms with Crippen LogP contribution in [-0.2, 0) is 0 Å². The average molecular weight is 141 g/mol. The highest BCUT2D eigenvalue weighted by Crippen LogP contribution is 2.36. The molecule has 1 saturated carbocycles. The molecule has 0 heterocycles. The molecular weight excluding hydrogens is 122 g/mol. The third-order valence-electron chi connectivity index (χ3n) is 2.72. The fourth-order valence-electron chi connectivity index (χ4n) is 1.82. The number of hydrogen-bond donors (Lipinski definition) is 1. The van der Waals surface area contributed by atoms with Gasteiger partial charge in [-0.25, -0.2) is 0 Å². The molecule has 2 N–H and O–H groups in total. The largest absolute Gasteiger partial charge is 0.327 e. The minimum Gasteiger partial charge on any atom is -0.327 e. The maximum absolute atomic E-state index is 5.98. The van der Waals surface area contributed by atoms with Gasteiger partial charge in [0.2, 0.25) is 0 Å². The molecule has 1 heteroatoms. The van der Waals surface area contributed by atoms with Crippen LogP contribution >= 0.6 is 0 Å². The topological polar surface area (TPSA) is 26.0 Å². The van der Waals surface area contributed by atoms with Crippen LogP contribution in [0, 0.1) is 17.8 Å². The summed E-state index contributed by atoms with van der Waals surface area (Å²) >= 11 is 0. The van der Waals surface area contributed by atoms with Crippen molar-refractivity contribution < 1.29 is 0 Å². The molecule has 60 valence electrons. The quantitative estimate of drug-likeness (QED) is 0.625. The Morgan fingerprint density at radius 2 is 1.80 bits per heavy atom. The van der Waals surface area contributed by atoms with E-state index in [0.717, 1.165) is 11.8 Å². The number of hydrogen-bond acceptors (Lipinski definition) is 1. The summed E-state index contributed by atoms with van der Waals surface area (Å²) in [6.07, 6.45) is 2.72. The van der Waals surface area contributed by atoms with E-state index >= 15 is 0 Å². The molecule has 0 aliphatic heterocycles. The first-order valence-electron chi connectivity index (χ1n) is 4.37. The Labute approximate surface area is 64.0 Å². The predicted octanol–water partition coefficient (Wildman–Crippen LogP) is 2.02. The zero-order chi connectivity index (χ0) is 7.72. The maximum Gasteiger partial charge on any atom is 0.00905 e. The van der Waals surface area contributed by atoms with E-state index in [2.05, 4.69) is 20.8 Å². The summed E-state index contributed by atoms with van der Waals surface area (Å²) in [5.74, 6) is 2.43. The lowest BCUT2D eigenvalue weighted by atomic mass is 9.70. The van der Waals surface area contributed by atoms with Crippen molar-refractivity contribution >= 4 is 0 Å². The van der Waals surface area contributed by atoms with Gasteiger partial charge in [-0.1, -0.05) is 20.8 Å². The molecule has 10 heavy (non-hydrogen) atoms. The van der Waals surface area contributed by atoms with E-state index in [1.807, 2.05) is 0 Å². The van der Waals surface area contributed by atoms with E-state index < -0.39 is 0 Å². The van der Waals surface area contributed by atoms with Gasteiger partial charge in [0.25, 0.3) is 0 Å². The lowest BCUT2D eigenvalue weighted by Gasteiger charge is -2.38. The zero-order valence-electron chi connectivity index (χ0n) is 7.30. The van der Waals surface area contributed by atoms with Crippen molar-refractivity contribution in [3.63, 3.8) is 0 Å². The average Bonchev–Trinajstić information content (AvgIpc) is 1.79. The minimum absolute atomic E-state index is 0.455. The molecule has 1 atom stereocenters. The van der Waals surface area contributed by atoms with Crippen molar-refractivity contribution in [2.24, 2.45) is 23.5 Å². The van der Waals surface area contributed by atoms with Gasteiger partial charge in [-0.2, -0.15) is 0 Å². The smallest absolute Gasteiger partial charge is 0.00905 e. The summed E-state index contributed by atoms with van der Waals surface area (Å²) < 4.78 is 0. The minimum atomic E-state index is 0.455. The van der Waals surface area contributed by atoms with Crippen molar-refractivity contribution in [1.29, 1.82) is 0 Å². The molecule has 0 aromatic rings. The molecular formula is C9H19N. The molecule has 1 rings (SSSR count). The second kappa shape index (κ2) is 2.91. The van der Waals surface area contributed by atoms with E-state index in [0.29, 0.717) is 12.0 Å². The Hall–Kier alpha value is -0.0400.